The summed E-state index contributed by atoms with van der Waals surface area (Å²) >= 11 is 0. The maximum absolute atomic E-state index is 12.6. The summed E-state index contributed by atoms with van der Waals surface area (Å²) in [5, 5.41) is 0. The summed E-state index contributed by atoms with van der Waals surface area (Å²) < 4.78 is 66.6. The smallest absolute Gasteiger partial charge is 0.416 e. The molecule has 2 nitrogen and oxygen atoms in total. The van der Waals surface area contributed by atoms with Gasteiger partial charge in [0.15, 0.2) is 0 Å². The SMILES string of the molecule is FC(F)Oc1ncc(C(F)(F)F)cc1-c1ccccc1. The average Bonchev–Trinajstić information content (AvgIpc) is 2.38. The van der Waals surface area contributed by atoms with Crippen LogP contribution in [0.4, 0.5) is 22.0 Å². The fraction of sp³-hybridized carbons (Fsp3) is 0.154. The van der Waals surface area contributed by atoms with E-state index in [0.717, 1.165) is 6.07 Å². The first-order chi connectivity index (χ1) is 9.38. The Balaban J connectivity index is 2.54. The normalized spacial score (nSPS) is 11.7. The highest BCUT2D eigenvalue weighted by Crippen LogP contribution is 2.35. The van der Waals surface area contributed by atoms with Crippen molar-refractivity contribution in [2.75, 3.05) is 0 Å². The minimum Gasteiger partial charge on any atom is -0.416 e. The largest absolute Gasteiger partial charge is 0.417 e. The first kappa shape index (κ1) is 14.2. The standard InChI is InChI=1S/C13H8F5NO/c14-12(15)20-11-10(8-4-2-1-3-5-8)6-9(7-19-11)13(16,17)18/h1-7,12H. The lowest BCUT2D eigenvalue weighted by atomic mass is 10.1. The van der Waals surface area contributed by atoms with Crippen molar-refractivity contribution in [2.45, 2.75) is 12.8 Å². The van der Waals surface area contributed by atoms with Crippen molar-refractivity contribution in [1.82, 2.24) is 4.98 Å². The van der Waals surface area contributed by atoms with Gasteiger partial charge in [-0.3, -0.25) is 0 Å². The van der Waals surface area contributed by atoms with E-state index in [2.05, 4.69) is 9.72 Å². The molecule has 0 fully saturated rings. The van der Waals surface area contributed by atoms with E-state index in [0.29, 0.717) is 11.8 Å². The lowest BCUT2D eigenvalue weighted by Crippen LogP contribution is -2.09. The molecule has 0 saturated heterocycles. The highest BCUT2D eigenvalue weighted by atomic mass is 19.4. The number of ether oxygens (including phenoxy) is 1. The predicted octanol–water partition coefficient (Wildman–Crippen LogP) is 4.37. The fourth-order valence-corrected chi connectivity index (χ4v) is 1.61. The Bertz CT molecular complexity index is 583. The minimum atomic E-state index is -4.61. The van der Waals surface area contributed by atoms with Crippen LogP contribution in [0.1, 0.15) is 5.56 Å². The molecule has 7 heteroatoms. The number of hydrogen-bond acceptors (Lipinski definition) is 2. The lowest BCUT2D eigenvalue weighted by molar-refractivity contribution is -0.137. The van der Waals surface area contributed by atoms with Crippen LogP contribution in [-0.4, -0.2) is 11.6 Å². The van der Waals surface area contributed by atoms with Crippen LogP contribution in [-0.2, 0) is 6.18 Å². The van der Waals surface area contributed by atoms with E-state index < -0.39 is 24.2 Å². The quantitative estimate of drug-likeness (QED) is 0.783. The molecule has 1 aromatic carbocycles. The number of nitrogens with zero attached hydrogens (tertiary/aromatic N) is 1. The molecule has 0 N–H and O–H groups in total. The van der Waals surface area contributed by atoms with Crippen LogP contribution in [0, 0.1) is 0 Å². The van der Waals surface area contributed by atoms with Crippen LogP contribution in [0.15, 0.2) is 42.6 Å². The summed E-state index contributed by atoms with van der Waals surface area (Å²) in [6, 6.07) is 8.49. The van der Waals surface area contributed by atoms with Crippen LogP contribution in [0.3, 0.4) is 0 Å². The zero-order valence-electron chi connectivity index (χ0n) is 9.86. The van der Waals surface area contributed by atoms with Crippen molar-refractivity contribution < 1.29 is 26.7 Å². The summed E-state index contributed by atoms with van der Waals surface area (Å²) in [7, 11) is 0. The number of hydrogen-bond donors (Lipinski definition) is 0. The summed E-state index contributed by atoms with van der Waals surface area (Å²) in [5.74, 6) is -0.542. The molecule has 0 aliphatic heterocycles. The second kappa shape index (κ2) is 5.44. The van der Waals surface area contributed by atoms with E-state index in [-0.39, 0.29) is 5.56 Å². The molecule has 0 aliphatic rings. The third kappa shape index (κ3) is 3.23. The van der Waals surface area contributed by atoms with Gasteiger partial charge in [-0.2, -0.15) is 22.0 Å². The van der Waals surface area contributed by atoms with Gasteiger partial charge >= 0.3 is 12.8 Å². The van der Waals surface area contributed by atoms with E-state index in [9.17, 15) is 22.0 Å². The third-order valence-electron chi connectivity index (χ3n) is 2.46. The van der Waals surface area contributed by atoms with E-state index in [4.69, 9.17) is 0 Å². The van der Waals surface area contributed by atoms with Crippen molar-refractivity contribution >= 4 is 0 Å². The topological polar surface area (TPSA) is 22.1 Å². The molecule has 2 aromatic rings. The van der Waals surface area contributed by atoms with Gasteiger partial charge in [0.05, 0.1) is 5.56 Å². The number of aromatic nitrogens is 1. The molecular formula is C13H8F5NO. The van der Waals surface area contributed by atoms with Gasteiger partial charge in [-0.1, -0.05) is 30.3 Å². The van der Waals surface area contributed by atoms with Crippen LogP contribution in [0.25, 0.3) is 11.1 Å². The van der Waals surface area contributed by atoms with Gasteiger partial charge in [0.2, 0.25) is 5.88 Å². The van der Waals surface area contributed by atoms with E-state index in [1.54, 1.807) is 18.2 Å². The van der Waals surface area contributed by atoms with Gasteiger partial charge in [0, 0.05) is 11.8 Å². The third-order valence-corrected chi connectivity index (χ3v) is 2.46. The molecule has 0 atom stereocenters. The summed E-state index contributed by atoms with van der Waals surface area (Å²) in [6.07, 6.45) is -4.15. The Morgan fingerprint density at radius 1 is 1.05 bits per heavy atom. The monoisotopic (exact) mass is 289 g/mol. The van der Waals surface area contributed by atoms with Gasteiger partial charge in [0.1, 0.15) is 0 Å². The highest BCUT2D eigenvalue weighted by molar-refractivity contribution is 5.69. The van der Waals surface area contributed by atoms with Gasteiger partial charge in [-0.05, 0) is 11.6 Å². The average molecular weight is 289 g/mol. The fourth-order valence-electron chi connectivity index (χ4n) is 1.61. The van der Waals surface area contributed by atoms with Gasteiger partial charge in [-0.15, -0.1) is 0 Å². The highest BCUT2D eigenvalue weighted by Gasteiger charge is 2.32. The Kier molecular flexibility index (Phi) is 3.87. The van der Waals surface area contributed by atoms with E-state index in [1.165, 1.54) is 12.1 Å². The predicted molar refractivity (Wildman–Crippen MR) is 61.3 cm³/mol. The van der Waals surface area contributed by atoms with Gasteiger partial charge in [0.25, 0.3) is 0 Å². The second-order valence-corrected chi connectivity index (χ2v) is 3.82. The summed E-state index contributed by atoms with van der Waals surface area (Å²) in [6.45, 7) is -3.17. The molecule has 0 bridgehead atoms. The van der Waals surface area contributed by atoms with Crippen LogP contribution < -0.4 is 4.74 Å². The maximum atomic E-state index is 12.6. The van der Waals surface area contributed by atoms with Crippen molar-refractivity contribution in [3.05, 3.63) is 48.2 Å². The van der Waals surface area contributed by atoms with Gasteiger partial charge in [-0.25, -0.2) is 4.98 Å². The van der Waals surface area contributed by atoms with Crippen molar-refractivity contribution in [3.63, 3.8) is 0 Å². The maximum Gasteiger partial charge on any atom is 0.417 e. The zero-order valence-corrected chi connectivity index (χ0v) is 9.86. The number of pyridine rings is 1. The molecule has 0 aliphatic carbocycles. The Morgan fingerprint density at radius 3 is 2.25 bits per heavy atom. The first-order valence-electron chi connectivity index (χ1n) is 5.45. The summed E-state index contributed by atoms with van der Waals surface area (Å²) in [4.78, 5) is 3.34. The second-order valence-electron chi connectivity index (χ2n) is 3.82. The molecule has 106 valence electrons. The molecule has 1 heterocycles. The van der Waals surface area contributed by atoms with E-state index >= 15 is 0 Å². The number of halogens is 5. The molecule has 2 rings (SSSR count). The number of benzene rings is 1. The molecule has 1 aromatic heterocycles. The molecular weight excluding hydrogens is 281 g/mol. The van der Waals surface area contributed by atoms with Crippen molar-refractivity contribution in [3.8, 4) is 17.0 Å². The molecule has 0 saturated carbocycles. The first-order valence-corrected chi connectivity index (χ1v) is 5.45. The van der Waals surface area contributed by atoms with Crippen molar-refractivity contribution in [1.29, 1.82) is 0 Å². The molecule has 0 unspecified atom stereocenters. The number of rotatable bonds is 3. The van der Waals surface area contributed by atoms with E-state index in [1.807, 2.05) is 0 Å². The molecule has 0 spiro atoms. The Labute approximate surface area is 110 Å². The lowest BCUT2D eigenvalue weighted by Gasteiger charge is -2.13. The van der Waals surface area contributed by atoms with Crippen molar-refractivity contribution in [2.24, 2.45) is 0 Å². The molecule has 0 amide bonds. The number of alkyl halides is 5. The zero-order chi connectivity index (χ0) is 14.8. The molecule has 0 radical (unpaired) electrons. The van der Waals surface area contributed by atoms with Crippen LogP contribution in [0.2, 0.25) is 0 Å². The van der Waals surface area contributed by atoms with Crippen LogP contribution in [0.5, 0.6) is 5.88 Å². The molecule has 20 heavy (non-hydrogen) atoms. The van der Waals surface area contributed by atoms with Gasteiger partial charge < -0.3 is 4.74 Å². The Morgan fingerprint density at radius 2 is 1.70 bits per heavy atom. The Hall–Kier alpha value is -2.18. The van der Waals surface area contributed by atoms with Crippen LogP contribution >= 0.6 is 0 Å². The minimum absolute atomic E-state index is 0.138. The summed E-state index contributed by atoms with van der Waals surface area (Å²) in [5.41, 5.74) is -0.861.